The monoisotopic (exact) mass is 540 g/mol. The van der Waals surface area contributed by atoms with E-state index in [1.54, 1.807) is 48.6 Å². The Balaban J connectivity index is 1.33. The van der Waals surface area contributed by atoms with E-state index in [2.05, 4.69) is 27.8 Å². The van der Waals surface area contributed by atoms with Crippen LogP contribution in [0.1, 0.15) is 15.9 Å². The number of piperazine rings is 1. The van der Waals surface area contributed by atoms with Gasteiger partial charge in [0.2, 0.25) is 0 Å². The summed E-state index contributed by atoms with van der Waals surface area (Å²) in [4.78, 5) is 21.9. The van der Waals surface area contributed by atoms with Gasteiger partial charge in [0.1, 0.15) is 0 Å². The Labute approximate surface area is 223 Å². The molecule has 36 heavy (non-hydrogen) atoms. The fourth-order valence-electron chi connectivity index (χ4n) is 4.00. The fraction of sp³-hybridized carbons (Fsp3) is 0.185. The molecule has 0 saturated carbocycles. The highest BCUT2D eigenvalue weighted by Gasteiger charge is 2.23. The van der Waals surface area contributed by atoms with Gasteiger partial charge < -0.3 is 9.62 Å². The summed E-state index contributed by atoms with van der Waals surface area (Å²) in [6.45, 7) is 11.0. The Morgan fingerprint density at radius 1 is 1.11 bits per heavy atom. The molecule has 2 aliphatic rings. The van der Waals surface area contributed by atoms with Gasteiger partial charge in [-0.05, 0) is 47.5 Å². The van der Waals surface area contributed by atoms with Crippen molar-refractivity contribution in [2.45, 2.75) is 6.54 Å². The second-order valence-electron chi connectivity index (χ2n) is 8.30. The minimum absolute atomic E-state index is 0.0278. The number of hydrogen-bond donors (Lipinski definition) is 1. The number of allylic oxidation sites excluding steroid dienone is 5. The third-order valence-electron chi connectivity index (χ3n) is 5.93. The van der Waals surface area contributed by atoms with E-state index in [0.717, 1.165) is 18.7 Å². The molecule has 0 radical (unpaired) electrons. The first-order valence-corrected chi connectivity index (χ1v) is 13.3. The van der Waals surface area contributed by atoms with Gasteiger partial charge in [0.15, 0.2) is 11.0 Å². The molecule has 186 valence electrons. The summed E-state index contributed by atoms with van der Waals surface area (Å²) in [5.74, 6) is -0.0278. The molecule has 1 atom stereocenters. The van der Waals surface area contributed by atoms with E-state index in [9.17, 15) is 9.00 Å². The summed E-state index contributed by atoms with van der Waals surface area (Å²) >= 11 is 12.4. The molecule has 1 amide bonds. The maximum Gasteiger partial charge on any atom is 0.253 e. The average molecular weight is 542 g/mol. The van der Waals surface area contributed by atoms with Crippen LogP contribution in [0.15, 0.2) is 95.5 Å². The minimum Gasteiger partial charge on any atom is -0.336 e. The van der Waals surface area contributed by atoms with Gasteiger partial charge in [0.25, 0.3) is 5.91 Å². The lowest BCUT2D eigenvalue weighted by Crippen LogP contribution is -2.48. The van der Waals surface area contributed by atoms with Gasteiger partial charge in [-0.3, -0.25) is 14.7 Å². The largest absolute Gasteiger partial charge is 0.336 e. The second kappa shape index (κ2) is 11.8. The lowest BCUT2D eigenvalue weighted by Gasteiger charge is -2.35. The van der Waals surface area contributed by atoms with Gasteiger partial charge in [0.05, 0.1) is 20.7 Å². The van der Waals surface area contributed by atoms with E-state index < -0.39 is 11.0 Å². The average Bonchev–Trinajstić information content (AvgIpc) is 2.88. The highest BCUT2D eigenvalue weighted by atomic mass is 35.5. The number of halogens is 2. The lowest BCUT2D eigenvalue weighted by atomic mass is 10.1. The van der Waals surface area contributed by atoms with E-state index in [4.69, 9.17) is 23.2 Å². The number of aliphatic imine (C=N–C) groups is 1. The van der Waals surface area contributed by atoms with Gasteiger partial charge in [-0.15, -0.1) is 0 Å². The molecule has 0 bridgehead atoms. The van der Waals surface area contributed by atoms with Crippen molar-refractivity contribution in [1.82, 2.24) is 9.80 Å². The molecular formula is C27H26Cl2N4O2S. The molecule has 2 aromatic carbocycles. The van der Waals surface area contributed by atoms with Crippen LogP contribution in [-0.2, 0) is 17.5 Å². The van der Waals surface area contributed by atoms with Crippen LogP contribution in [0.4, 0.5) is 5.69 Å². The Hall–Kier alpha value is -2.97. The molecule has 0 spiro atoms. The summed E-state index contributed by atoms with van der Waals surface area (Å²) in [5.41, 5.74) is 3.39. The van der Waals surface area contributed by atoms with E-state index >= 15 is 0 Å². The van der Waals surface area contributed by atoms with Crippen molar-refractivity contribution in [2.75, 3.05) is 30.9 Å². The number of benzene rings is 2. The molecule has 1 aliphatic heterocycles. The molecule has 6 nitrogen and oxygen atoms in total. The molecule has 0 aromatic heterocycles. The minimum atomic E-state index is -1.55. The SMILES string of the molecule is C=CN=C1C(=C)C=CC=C1S(=O)Nc1ccc(C(=O)N2CCN(Cc3cccc(Cl)c3Cl)CC2)cc1. The summed E-state index contributed by atoms with van der Waals surface area (Å²) in [6, 6.07) is 12.6. The van der Waals surface area contributed by atoms with Crippen LogP contribution in [0.2, 0.25) is 10.0 Å². The van der Waals surface area contributed by atoms with Crippen molar-refractivity contribution in [3.8, 4) is 0 Å². The smallest absolute Gasteiger partial charge is 0.253 e. The number of amides is 1. The number of nitrogens with zero attached hydrogens (tertiary/aromatic N) is 3. The first-order valence-electron chi connectivity index (χ1n) is 11.4. The number of carbonyl (C=O) groups excluding carboxylic acids is 1. The van der Waals surface area contributed by atoms with Crippen molar-refractivity contribution in [3.63, 3.8) is 0 Å². The van der Waals surface area contributed by atoms with Gasteiger partial charge in [-0.2, -0.15) is 0 Å². The molecule has 9 heteroatoms. The van der Waals surface area contributed by atoms with Crippen molar-refractivity contribution in [2.24, 2.45) is 4.99 Å². The van der Waals surface area contributed by atoms with Gasteiger partial charge in [-0.25, -0.2) is 4.21 Å². The number of nitrogens with one attached hydrogen (secondary N) is 1. The number of anilines is 1. The third-order valence-corrected chi connectivity index (χ3v) is 7.94. The Bertz CT molecular complexity index is 1290. The molecule has 1 unspecified atom stereocenters. The maximum absolute atomic E-state index is 13.0. The molecular weight excluding hydrogens is 515 g/mol. The summed E-state index contributed by atoms with van der Waals surface area (Å²) in [5, 5.41) is 1.13. The number of rotatable bonds is 7. The van der Waals surface area contributed by atoms with E-state index in [-0.39, 0.29) is 5.91 Å². The van der Waals surface area contributed by atoms with Crippen molar-refractivity contribution in [1.29, 1.82) is 0 Å². The first kappa shape index (κ1) is 26.1. The van der Waals surface area contributed by atoms with Crippen molar-refractivity contribution < 1.29 is 9.00 Å². The third kappa shape index (κ3) is 6.05. The number of hydrogen-bond acceptors (Lipinski definition) is 4. The first-order chi connectivity index (χ1) is 17.4. The lowest BCUT2D eigenvalue weighted by molar-refractivity contribution is 0.0628. The van der Waals surface area contributed by atoms with Crippen LogP contribution in [-0.4, -0.2) is 51.8 Å². The molecule has 2 aromatic rings. The molecule has 1 N–H and O–H groups in total. The van der Waals surface area contributed by atoms with Crippen LogP contribution >= 0.6 is 23.2 Å². The standard InChI is InChI=1S/C27H26Cl2N4O2S/c1-3-30-26-19(2)6-4-9-24(26)36(35)31-22-12-10-20(11-13-22)27(34)33-16-14-32(15-17-33)18-21-7-5-8-23(28)25(21)29/h3-13,31H,1-2,14-18H2. The van der Waals surface area contributed by atoms with Gasteiger partial charge in [-0.1, -0.05) is 60.6 Å². The zero-order valence-electron chi connectivity index (χ0n) is 19.6. The van der Waals surface area contributed by atoms with E-state index in [1.807, 2.05) is 17.0 Å². The Kier molecular flexibility index (Phi) is 8.59. The van der Waals surface area contributed by atoms with Crippen LogP contribution in [0.3, 0.4) is 0 Å². The van der Waals surface area contributed by atoms with Gasteiger partial charge >= 0.3 is 0 Å². The van der Waals surface area contributed by atoms with Crippen LogP contribution in [0.5, 0.6) is 0 Å². The topological polar surface area (TPSA) is 65.0 Å². The summed E-state index contributed by atoms with van der Waals surface area (Å²) in [6.07, 6.45) is 6.72. The molecule has 1 heterocycles. The molecule has 4 rings (SSSR count). The summed E-state index contributed by atoms with van der Waals surface area (Å²) < 4.78 is 15.9. The zero-order chi connectivity index (χ0) is 25.7. The molecule has 1 aliphatic carbocycles. The van der Waals surface area contributed by atoms with E-state index in [0.29, 0.717) is 57.1 Å². The predicted octanol–water partition coefficient (Wildman–Crippen LogP) is 5.62. The summed E-state index contributed by atoms with van der Waals surface area (Å²) in [7, 11) is -1.55. The quantitative estimate of drug-likeness (QED) is 0.495. The zero-order valence-corrected chi connectivity index (χ0v) is 22.0. The highest BCUT2D eigenvalue weighted by molar-refractivity contribution is 7.91. The second-order valence-corrected chi connectivity index (χ2v) is 10.3. The van der Waals surface area contributed by atoms with Crippen LogP contribution in [0.25, 0.3) is 0 Å². The Morgan fingerprint density at radius 2 is 1.83 bits per heavy atom. The van der Waals surface area contributed by atoms with Crippen molar-refractivity contribution in [3.05, 3.63) is 112 Å². The molecule has 1 saturated heterocycles. The van der Waals surface area contributed by atoms with Crippen LogP contribution in [0, 0.1) is 0 Å². The number of carbonyl (C=O) groups is 1. The van der Waals surface area contributed by atoms with Crippen LogP contribution < -0.4 is 4.72 Å². The Morgan fingerprint density at radius 3 is 2.53 bits per heavy atom. The fourth-order valence-corrected chi connectivity index (χ4v) is 5.40. The maximum atomic E-state index is 13.0. The van der Waals surface area contributed by atoms with E-state index in [1.165, 1.54) is 6.20 Å². The van der Waals surface area contributed by atoms with Gasteiger partial charge in [0, 0.05) is 50.2 Å². The molecule has 1 fully saturated rings. The normalized spacial score (nSPS) is 18.2. The highest BCUT2D eigenvalue weighted by Crippen LogP contribution is 2.27. The van der Waals surface area contributed by atoms with Crippen molar-refractivity contribution >= 4 is 51.5 Å². The predicted molar refractivity (Wildman–Crippen MR) is 150 cm³/mol.